The van der Waals surface area contributed by atoms with Gasteiger partial charge in [-0.3, -0.25) is 0 Å². The van der Waals surface area contributed by atoms with Crippen LogP contribution in [0.5, 0.6) is 11.5 Å². The summed E-state index contributed by atoms with van der Waals surface area (Å²) in [5, 5.41) is 3.33. The molecular weight excluding hydrogens is 330 g/mol. The fourth-order valence-corrected chi connectivity index (χ4v) is 2.70. The molecule has 0 aliphatic rings. The van der Waals surface area contributed by atoms with E-state index in [1.54, 1.807) is 0 Å². The van der Waals surface area contributed by atoms with Crippen molar-refractivity contribution in [2.24, 2.45) is 0 Å². The van der Waals surface area contributed by atoms with Crippen LogP contribution in [0.2, 0.25) is 0 Å². The Bertz CT molecular complexity index is 410. The van der Waals surface area contributed by atoms with Crippen molar-refractivity contribution in [3.63, 3.8) is 0 Å². The summed E-state index contributed by atoms with van der Waals surface area (Å²) in [7, 11) is 0. The third-order valence-electron chi connectivity index (χ3n) is 3.19. The van der Waals surface area contributed by atoms with Crippen molar-refractivity contribution in [1.29, 1.82) is 0 Å². The summed E-state index contributed by atoms with van der Waals surface area (Å²) in [6.45, 7) is 9.49. The van der Waals surface area contributed by atoms with Gasteiger partial charge >= 0.3 is 0 Å². The van der Waals surface area contributed by atoms with Gasteiger partial charge in [0.05, 0.1) is 17.7 Å². The van der Waals surface area contributed by atoms with Crippen LogP contribution in [0, 0.1) is 0 Å². The number of benzene rings is 1. The maximum absolute atomic E-state index is 5.93. The number of hydrogen-bond donors (Lipinski definition) is 1. The Kier molecular flexibility index (Phi) is 9.51. The number of ether oxygens (including phenoxy) is 2. The Hall–Kier alpha value is -0.740. The first-order chi connectivity index (χ1) is 10.2. The minimum atomic E-state index is 0.642. The van der Waals surface area contributed by atoms with E-state index in [0.29, 0.717) is 6.61 Å². The van der Waals surface area contributed by atoms with Crippen LogP contribution in [-0.2, 0) is 6.54 Å². The fourth-order valence-electron chi connectivity index (χ4n) is 2.10. The molecule has 21 heavy (non-hydrogen) atoms. The van der Waals surface area contributed by atoms with E-state index in [4.69, 9.17) is 9.47 Å². The molecule has 0 aliphatic heterocycles. The zero-order valence-electron chi connectivity index (χ0n) is 13.5. The molecule has 0 bridgehead atoms. The van der Waals surface area contributed by atoms with E-state index in [1.807, 2.05) is 6.92 Å². The summed E-state index contributed by atoms with van der Waals surface area (Å²) < 4.78 is 12.6. The topological polar surface area (TPSA) is 30.5 Å². The molecular formula is C17H28BrNO2. The van der Waals surface area contributed by atoms with Crippen LogP contribution in [-0.4, -0.2) is 19.8 Å². The number of rotatable bonds is 11. The second kappa shape index (κ2) is 10.9. The van der Waals surface area contributed by atoms with Crippen LogP contribution in [0.4, 0.5) is 0 Å². The molecule has 0 spiro atoms. The van der Waals surface area contributed by atoms with Gasteiger partial charge in [-0.2, -0.15) is 0 Å². The van der Waals surface area contributed by atoms with Crippen LogP contribution in [0.25, 0.3) is 0 Å². The highest BCUT2D eigenvalue weighted by Gasteiger charge is 2.12. The fraction of sp³-hybridized carbons (Fsp3) is 0.647. The Morgan fingerprint density at radius 2 is 1.86 bits per heavy atom. The lowest BCUT2D eigenvalue weighted by Gasteiger charge is -2.15. The van der Waals surface area contributed by atoms with Crippen molar-refractivity contribution in [3.8, 4) is 11.5 Å². The Labute approximate surface area is 137 Å². The molecule has 4 heteroatoms. The number of hydrogen-bond acceptors (Lipinski definition) is 3. The zero-order valence-corrected chi connectivity index (χ0v) is 15.1. The van der Waals surface area contributed by atoms with Gasteiger partial charge < -0.3 is 14.8 Å². The lowest BCUT2D eigenvalue weighted by atomic mass is 10.2. The first-order valence-electron chi connectivity index (χ1n) is 8.01. The van der Waals surface area contributed by atoms with Gasteiger partial charge in [0.15, 0.2) is 11.5 Å². The summed E-state index contributed by atoms with van der Waals surface area (Å²) in [5.41, 5.74) is 1.20. The number of halogens is 1. The van der Waals surface area contributed by atoms with E-state index in [0.717, 1.165) is 42.1 Å². The maximum atomic E-state index is 5.93. The van der Waals surface area contributed by atoms with Gasteiger partial charge in [0.25, 0.3) is 0 Å². The van der Waals surface area contributed by atoms with Crippen LogP contribution in [0.3, 0.4) is 0 Å². The van der Waals surface area contributed by atoms with E-state index in [2.05, 4.69) is 47.2 Å². The molecule has 1 N–H and O–H groups in total. The maximum Gasteiger partial charge on any atom is 0.175 e. The Morgan fingerprint density at radius 1 is 1.05 bits per heavy atom. The van der Waals surface area contributed by atoms with Crippen LogP contribution in [0.15, 0.2) is 16.6 Å². The summed E-state index contributed by atoms with van der Waals surface area (Å²) in [5.74, 6) is 1.66. The zero-order chi connectivity index (χ0) is 15.5. The van der Waals surface area contributed by atoms with Crippen molar-refractivity contribution in [2.75, 3.05) is 19.8 Å². The van der Waals surface area contributed by atoms with Crippen LogP contribution < -0.4 is 14.8 Å². The largest absolute Gasteiger partial charge is 0.490 e. The van der Waals surface area contributed by atoms with Gasteiger partial charge in [0.2, 0.25) is 0 Å². The molecule has 0 aromatic heterocycles. The highest BCUT2D eigenvalue weighted by atomic mass is 79.9. The van der Waals surface area contributed by atoms with E-state index < -0.39 is 0 Å². The Morgan fingerprint density at radius 3 is 2.52 bits per heavy atom. The van der Waals surface area contributed by atoms with Crippen molar-refractivity contribution >= 4 is 15.9 Å². The highest BCUT2D eigenvalue weighted by molar-refractivity contribution is 9.10. The molecule has 120 valence electrons. The van der Waals surface area contributed by atoms with Gasteiger partial charge in [-0.15, -0.1) is 0 Å². The minimum Gasteiger partial charge on any atom is -0.490 e. The molecule has 0 amide bonds. The highest BCUT2D eigenvalue weighted by Crippen LogP contribution is 2.37. The smallest absolute Gasteiger partial charge is 0.175 e. The van der Waals surface area contributed by atoms with E-state index >= 15 is 0 Å². The first kappa shape index (κ1) is 18.3. The molecule has 1 aromatic carbocycles. The van der Waals surface area contributed by atoms with E-state index in [1.165, 1.54) is 24.8 Å². The predicted octanol–water partition coefficient (Wildman–Crippen LogP) is 4.92. The second-order valence-electron chi connectivity index (χ2n) is 5.03. The molecule has 1 rings (SSSR count). The molecule has 0 fully saturated rings. The van der Waals surface area contributed by atoms with Crippen molar-refractivity contribution in [3.05, 3.63) is 22.2 Å². The summed E-state index contributed by atoms with van der Waals surface area (Å²) in [6.07, 6.45) is 4.82. The third-order valence-corrected chi connectivity index (χ3v) is 3.78. The average Bonchev–Trinajstić information content (AvgIpc) is 2.47. The molecule has 0 radical (unpaired) electrons. The average molecular weight is 358 g/mol. The molecule has 0 saturated heterocycles. The van der Waals surface area contributed by atoms with Gasteiger partial charge in [-0.05, 0) is 53.5 Å². The van der Waals surface area contributed by atoms with Crippen LogP contribution >= 0.6 is 15.9 Å². The lowest BCUT2D eigenvalue weighted by molar-refractivity contribution is 0.268. The third kappa shape index (κ3) is 6.70. The molecule has 1 aromatic rings. The molecule has 0 unspecified atom stereocenters. The van der Waals surface area contributed by atoms with Gasteiger partial charge in [-0.1, -0.05) is 33.1 Å². The Balaban J connectivity index is 2.71. The quantitative estimate of drug-likeness (QED) is 0.570. The number of unbranched alkanes of at least 4 members (excludes halogenated alkanes) is 3. The van der Waals surface area contributed by atoms with Gasteiger partial charge in [0.1, 0.15) is 0 Å². The SMILES string of the molecule is CCCCCCOc1c(Br)cc(CNCC)cc1OCC. The monoisotopic (exact) mass is 357 g/mol. The molecule has 0 atom stereocenters. The van der Waals surface area contributed by atoms with Crippen molar-refractivity contribution in [1.82, 2.24) is 5.32 Å². The predicted molar refractivity (Wildman–Crippen MR) is 92.3 cm³/mol. The van der Waals surface area contributed by atoms with Crippen molar-refractivity contribution < 1.29 is 9.47 Å². The summed E-state index contributed by atoms with van der Waals surface area (Å²) in [4.78, 5) is 0. The molecule has 0 aliphatic carbocycles. The van der Waals surface area contributed by atoms with Crippen molar-refractivity contribution in [2.45, 2.75) is 53.0 Å². The minimum absolute atomic E-state index is 0.642. The van der Waals surface area contributed by atoms with E-state index in [9.17, 15) is 0 Å². The van der Waals surface area contributed by atoms with Gasteiger partial charge in [-0.25, -0.2) is 0 Å². The molecule has 0 heterocycles. The van der Waals surface area contributed by atoms with E-state index in [-0.39, 0.29) is 0 Å². The first-order valence-corrected chi connectivity index (χ1v) is 8.80. The van der Waals surface area contributed by atoms with Gasteiger partial charge in [0, 0.05) is 6.54 Å². The van der Waals surface area contributed by atoms with Crippen LogP contribution in [0.1, 0.15) is 52.0 Å². The second-order valence-corrected chi connectivity index (χ2v) is 5.88. The normalized spacial score (nSPS) is 10.7. The number of nitrogens with one attached hydrogen (secondary N) is 1. The lowest BCUT2D eigenvalue weighted by Crippen LogP contribution is -2.12. The summed E-state index contributed by atoms with van der Waals surface area (Å²) in [6, 6.07) is 4.17. The molecule has 0 saturated carbocycles. The standard InChI is InChI=1S/C17H28BrNO2/c1-4-7-8-9-10-21-17-15(18)11-14(13-19-5-2)12-16(17)20-6-3/h11-12,19H,4-10,13H2,1-3H3. The molecule has 3 nitrogen and oxygen atoms in total. The summed E-state index contributed by atoms with van der Waals surface area (Å²) >= 11 is 3.61.